The van der Waals surface area contributed by atoms with Gasteiger partial charge in [0, 0.05) is 24.9 Å². The van der Waals surface area contributed by atoms with Crippen LogP contribution in [0.2, 0.25) is 0 Å². The van der Waals surface area contributed by atoms with Crippen LogP contribution in [0.4, 0.5) is 0 Å². The number of carbonyl (C=O) groups is 2. The number of nitrogens with one attached hydrogen (secondary N) is 2. The molecule has 0 bridgehead atoms. The highest BCUT2D eigenvalue weighted by Gasteiger charge is 2.14. The van der Waals surface area contributed by atoms with Gasteiger partial charge in [-0.25, -0.2) is 0 Å². The molecule has 1 amide bonds. The second-order valence-electron chi connectivity index (χ2n) is 6.86. The van der Waals surface area contributed by atoms with E-state index >= 15 is 0 Å². The second-order valence-corrected chi connectivity index (χ2v) is 6.86. The van der Waals surface area contributed by atoms with Crippen molar-refractivity contribution in [1.82, 2.24) is 10.6 Å². The summed E-state index contributed by atoms with van der Waals surface area (Å²) >= 11 is 0. The van der Waals surface area contributed by atoms with Crippen molar-refractivity contribution in [2.45, 2.75) is 25.7 Å². The molecule has 1 fully saturated rings. The smallest absolute Gasteiger partial charge is 0.220 e. The summed E-state index contributed by atoms with van der Waals surface area (Å²) < 4.78 is 0. The first-order valence-corrected chi connectivity index (χ1v) is 9.38. The van der Waals surface area contributed by atoms with Crippen LogP contribution < -0.4 is 10.6 Å². The Morgan fingerprint density at radius 3 is 2.38 bits per heavy atom. The zero-order valence-electron chi connectivity index (χ0n) is 15.0. The first-order valence-electron chi connectivity index (χ1n) is 9.38. The molecule has 1 heterocycles. The summed E-state index contributed by atoms with van der Waals surface area (Å²) in [6.07, 6.45) is 2.70. The fourth-order valence-corrected chi connectivity index (χ4v) is 3.32. The van der Waals surface area contributed by atoms with Crippen molar-refractivity contribution in [3.8, 4) is 11.1 Å². The number of amides is 1. The van der Waals surface area contributed by atoms with Gasteiger partial charge in [0.15, 0.2) is 5.78 Å². The third kappa shape index (κ3) is 5.27. The van der Waals surface area contributed by atoms with Crippen LogP contribution in [-0.2, 0) is 4.79 Å². The van der Waals surface area contributed by atoms with Crippen molar-refractivity contribution in [3.05, 3.63) is 60.2 Å². The van der Waals surface area contributed by atoms with Crippen molar-refractivity contribution in [1.29, 1.82) is 0 Å². The van der Waals surface area contributed by atoms with Crippen LogP contribution in [0, 0.1) is 5.92 Å². The van der Waals surface area contributed by atoms with Crippen LogP contribution in [0.5, 0.6) is 0 Å². The fraction of sp³-hybridized carbons (Fsp3) is 0.364. The van der Waals surface area contributed by atoms with Crippen LogP contribution in [0.3, 0.4) is 0 Å². The average molecular weight is 350 g/mol. The van der Waals surface area contributed by atoms with Crippen LogP contribution in [0.1, 0.15) is 36.0 Å². The zero-order valence-corrected chi connectivity index (χ0v) is 15.0. The Labute approximate surface area is 155 Å². The van der Waals surface area contributed by atoms with E-state index in [1.807, 2.05) is 54.6 Å². The summed E-state index contributed by atoms with van der Waals surface area (Å²) in [6, 6.07) is 17.7. The van der Waals surface area contributed by atoms with E-state index in [-0.39, 0.29) is 24.5 Å². The number of Topliss-reactive ketones (excluding diaryl/α,β-unsaturated/α-hetero) is 1. The molecule has 1 aliphatic heterocycles. The Kier molecular flexibility index (Phi) is 6.56. The normalized spacial score (nSPS) is 16.4. The van der Waals surface area contributed by atoms with Gasteiger partial charge in [-0.1, -0.05) is 54.6 Å². The van der Waals surface area contributed by atoms with Crippen molar-refractivity contribution in [2.75, 3.05) is 19.6 Å². The number of rotatable bonds is 8. The maximum atomic E-state index is 12.3. The molecule has 0 spiro atoms. The molecular weight excluding hydrogens is 324 g/mol. The highest BCUT2D eigenvalue weighted by atomic mass is 16.2. The summed E-state index contributed by atoms with van der Waals surface area (Å²) in [5.41, 5.74) is 2.87. The lowest BCUT2D eigenvalue weighted by atomic mass is 10.0. The number of hydrogen-bond donors (Lipinski definition) is 2. The molecule has 0 radical (unpaired) electrons. The molecule has 3 rings (SSSR count). The summed E-state index contributed by atoms with van der Waals surface area (Å²) in [5.74, 6) is 0.644. The molecule has 2 aromatic rings. The number of benzene rings is 2. The van der Waals surface area contributed by atoms with Gasteiger partial charge in [-0.2, -0.15) is 0 Å². The molecule has 0 aromatic heterocycles. The minimum Gasteiger partial charge on any atom is -0.356 e. The van der Waals surface area contributed by atoms with Gasteiger partial charge in [-0.3, -0.25) is 9.59 Å². The maximum Gasteiger partial charge on any atom is 0.220 e. The molecule has 2 aromatic carbocycles. The third-order valence-electron chi connectivity index (χ3n) is 4.93. The quantitative estimate of drug-likeness (QED) is 0.717. The Morgan fingerprint density at radius 1 is 0.962 bits per heavy atom. The van der Waals surface area contributed by atoms with Gasteiger partial charge in [0.2, 0.25) is 5.91 Å². The molecule has 1 aliphatic rings. The number of carbonyl (C=O) groups excluding carboxylic acids is 2. The van der Waals surface area contributed by atoms with Crippen molar-refractivity contribution < 1.29 is 9.59 Å². The van der Waals surface area contributed by atoms with Crippen molar-refractivity contribution >= 4 is 11.7 Å². The molecule has 0 aliphatic carbocycles. The molecule has 1 unspecified atom stereocenters. The molecule has 2 N–H and O–H groups in total. The van der Waals surface area contributed by atoms with E-state index in [1.54, 1.807) is 0 Å². The topological polar surface area (TPSA) is 58.2 Å². The third-order valence-corrected chi connectivity index (χ3v) is 4.93. The lowest BCUT2D eigenvalue weighted by molar-refractivity contribution is -0.121. The van der Waals surface area contributed by atoms with Gasteiger partial charge in [0.25, 0.3) is 0 Å². The fourth-order valence-electron chi connectivity index (χ4n) is 3.32. The lowest BCUT2D eigenvalue weighted by Crippen LogP contribution is -2.26. The molecule has 4 nitrogen and oxygen atoms in total. The lowest BCUT2D eigenvalue weighted by Gasteiger charge is -2.09. The molecule has 1 atom stereocenters. The highest BCUT2D eigenvalue weighted by Crippen LogP contribution is 2.20. The summed E-state index contributed by atoms with van der Waals surface area (Å²) in [7, 11) is 0. The highest BCUT2D eigenvalue weighted by molar-refractivity contribution is 5.98. The number of ketones is 1. The SMILES string of the molecule is O=C(CCC(=O)c1ccc(-c2ccccc2)cc1)NCCC1CCNC1. The van der Waals surface area contributed by atoms with Crippen LogP contribution in [-0.4, -0.2) is 31.3 Å². The van der Waals surface area contributed by atoms with E-state index in [0.717, 1.165) is 30.6 Å². The Hall–Kier alpha value is -2.46. The zero-order chi connectivity index (χ0) is 18.2. The van der Waals surface area contributed by atoms with Gasteiger partial charge in [0.05, 0.1) is 0 Å². The second kappa shape index (κ2) is 9.30. The maximum absolute atomic E-state index is 12.3. The first kappa shape index (κ1) is 18.3. The van der Waals surface area contributed by atoms with Crippen LogP contribution >= 0.6 is 0 Å². The first-order chi connectivity index (χ1) is 12.7. The summed E-state index contributed by atoms with van der Waals surface area (Å²) in [4.78, 5) is 24.2. The van der Waals surface area contributed by atoms with Crippen LogP contribution in [0.25, 0.3) is 11.1 Å². The Bertz CT molecular complexity index is 720. The monoisotopic (exact) mass is 350 g/mol. The van der Waals surface area contributed by atoms with Crippen molar-refractivity contribution in [3.63, 3.8) is 0 Å². The minimum absolute atomic E-state index is 0.0137. The van der Waals surface area contributed by atoms with E-state index in [1.165, 1.54) is 6.42 Å². The number of hydrogen-bond acceptors (Lipinski definition) is 3. The van der Waals surface area contributed by atoms with Crippen LogP contribution in [0.15, 0.2) is 54.6 Å². The van der Waals surface area contributed by atoms with Crippen molar-refractivity contribution in [2.24, 2.45) is 5.92 Å². The molecule has 4 heteroatoms. The molecule has 136 valence electrons. The average Bonchev–Trinajstić information content (AvgIpc) is 3.20. The van der Waals surface area contributed by atoms with Gasteiger partial charge in [-0.05, 0) is 43.0 Å². The summed E-state index contributed by atoms with van der Waals surface area (Å²) in [6.45, 7) is 2.83. The van der Waals surface area contributed by atoms with E-state index in [4.69, 9.17) is 0 Å². The largest absolute Gasteiger partial charge is 0.356 e. The molecule has 1 saturated heterocycles. The van der Waals surface area contributed by atoms with Gasteiger partial charge in [-0.15, -0.1) is 0 Å². The Morgan fingerprint density at radius 2 is 1.69 bits per heavy atom. The van der Waals surface area contributed by atoms with Gasteiger partial charge >= 0.3 is 0 Å². The molecule has 26 heavy (non-hydrogen) atoms. The molecular formula is C22H26N2O2. The predicted molar refractivity (Wildman–Crippen MR) is 104 cm³/mol. The standard InChI is InChI=1S/C22H26N2O2/c25-21(10-11-22(26)24-15-13-17-12-14-23-16-17)20-8-6-19(7-9-20)18-4-2-1-3-5-18/h1-9,17,23H,10-16H2,(H,24,26). The van der Waals surface area contributed by atoms with Gasteiger partial charge < -0.3 is 10.6 Å². The van der Waals surface area contributed by atoms with E-state index in [0.29, 0.717) is 18.0 Å². The van der Waals surface area contributed by atoms with Gasteiger partial charge in [0.1, 0.15) is 0 Å². The molecule has 0 saturated carbocycles. The predicted octanol–water partition coefficient (Wildman–Crippen LogP) is 3.43. The van der Waals surface area contributed by atoms with E-state index in [2.05, 4.69) is 10.6 Å². The minimum atomic E-state index is -0.0368. The summed E-state index contributed by atoms with van der Waals surface area (Å²) in [5, 5.41) is 6.25. The van der Waals surface area contributed by atoms with E-state index < -0.39 is 0 Å². The Balaban J connectivity index is 1.42. The van der Waals surface area contributed by atoms with E-state index in [9.17, 15) is 9.59 Å².